The molecule has 1 amide bonds. The average Bonchev–Trinajstić information content (AvgIpc) is 3.46. The van der Waals surface area contributed by atoms with Crippen LogP contribution in [0.2, 0.25) is 0 Å². The number of nitrogens with zero attached hydrogens (tertiary/aromatic N) is 5. The van der Waals surface area contributed by atoms with Gasteiger partial charge in [-0.3, -0.25) is 19.7 Å². The van der Waals surface area contributed by atoms with E-state index < -0.39 is 0 Å². The SMILES string of the molecule is CC(C)N1CCC(c2cc(=O)n3[nH]c(C4CCCN4C(=O)c4ccccn4)cc3n2)CC1. The Kier molecular flexibility index (Phi) is 5.55. The molecule has 2 aliphatic rings. The van der Waals surface area contributed by atoms with Crippen molar-refractivity contribution in [1.82, 2.24) is 29.4 Å². The zero-order chi connectivity index (χ0) is 22.2. The van der Waals surface area contributed by atoms with Crippen molar-refractivity contribution in [2.45, 2.75) is 57.5 Å². The van der Waals surface area contributed by atoms with E-state index in [4.69, 9.17) is 4.98 Å². The largest absolute Gasteiger partial charge is 0.329 e. The van der Waals surface area contributed by atoms with Crippen molar-refractivity contribution in [2.24, 2.45) is 0 Å². The molecule has 0 aliphatic carbocycles. The molecule has 0 aromatic carbocycles. The molecule has 0 radical (unpaired) electrons. The maximum atomic E-state index is 13.0. The number of hydrogen-bond acceptors (Lipinski definition) is 5. The van der Waals surface area contributed by atoms with Crippen LogP contribution >= 0.6 is 0 Å². The van der Waals surface area contributed by atoms with E-state index in [-0.39, 0.29) is 17.5 Å². The van der Waals surface area contributed by atoms with Crippen LogP contribution in [-0.4, -0.2) is 61.0 Å². The smallest absolute Gasteiger partial charge is 0.273 e. The number of pyridine rings is 1. The van der Waals surface area contributed by atoms with Gasteiger partial charge >= 0.3 is 0 Å². The summed E-state index contributed by atoms with van der Waals surface area (Å²) in [5.41, 5.74) is 2.72. The van der Waals surface area contributed by atoms with Gasteiger partial charge in [0.05, 0.1) is 17.4 Å². The monoisotopic (exact) mass is 434 g/mol. The first kappa shape index (κ1) is 20.9. The van der Waals surface area contributed by atoms with Crippen molar-refractivity contribution < 1.29 is 4.79 Å². The third-order valence-electron chi connectivity index (χ3n) is 6.92. The molecule has 168 valence electrons. The molecule has 5 heterocycles. The molecule has 0 saturated carbocycles. The fraction of sp³-hybridized carbons (Fsp3) is 0.500. The van der Waals surface area contributed by atoms with Crippen LogP contribution in [-0.2, 0) is 0 Å². The van der Waals surface area contributed by atoms with E-state index >= 15 is 0 Å². The predicted molar refractivity (Wildman–Crippen MR) is 122 cm³/mol. The van der Waals surface area contributed by atoms with Gasteiger partial charge in [0, 0.05) is 36.8 Å². The zero-order valence-corrected chi connectivity index (χ0v) is 18.7. The number of likely N-dealkylation sites (tertiary alicyclic amines) is 2. The molecule has 8 heteroatoms. The second-order valence-electron chi connectivity index (χ2n) is 9.20. The van der Waals surface area contributed by atoms with Crippen LogP contribution in [0.4, 0.5) is 0 Å². The number of fused-ring (bicyclic) bond motifs is 1. The minimum Gasteiger partial charge on any atom is -0.329 e. The van der Waals surface area contributed by atoms with Gasteiger partial charge in [-0.15, -0.1) is 0 Å². The summed E-state index contributed by atoms with van der Waals surface area (Å²) in [5, 5.41) is 3.21. The van der Waals surface area contributed by atoms with Crippen LogP contribution < -0.4 is 5.56 Å². The molecule has 2 fully saturated rings. The summed E-state index contributed by atoms with van der Waals surface area (Å²) < 4.78 is 1.50. The summed E-state index contributed by atoms with van der Waals surface area (Å²) in [6.45, 7) is 7.20. The highest BCUT2D eigenvalue weighted by Gasteiger charge is 2.33. The second kappa shape index (κ2) is 8.50. The summed E-state index contributed by atoms with van der Waals surface area (Å²) in [6.07, 6.45) is 5.44. The molecule has 2 aliphatic heterocycles. The maximum Gasteiger partial charge on any atom is 0.273 e. The van der Waals surface area contributed by atoms with E-state index in [9.17, 15) is 9.59 Å². The van der Waals surface area contributed by atoms with Crippen molar-refractivity contribution in [2.75, 3.05) is 19.6 Å². The lowest BCUT2D eigenvalue weighted by atomic mass is 9.92. The molecular formula is C24H30N6O2. The Morgan fingerprint density at radius 1 is 1.12 bits per heavy atom. The van der Waals surface area contributed by atoms with Crippen molar-refractivity contribution >= 4 is 11.6 Å². The summed E-state index contributed by atoms with van der Waals surface area (Å²) in [4.78, 5) is 39.3. The number of aromatic amines is 1. The lowest BCUT2D eigenvalue weighted by Gasteiger charge is -2.34. The van der Waals surface area contributed by atoms with Gasteiger partial charge < -0.3 is 9.80 Å². The number of H-pyrrole nitrogens is 1. The van der Waals surface area contributed by atoms with Gasteiger partial charge in [0.25, 0.3) is 11.5 Å². The number of carbonyl (C=O) groups excluding carboxylic acids is 1. The van der Waals surface area contributed by atoms with Gasteiger partial charge in [0.15, 0.2) is 5.65 Å². The van der Waals surface area contributed by atoms with E-state index in [1.54, 1.807) is 24.4 Å². The number of nitrogens with one attached hydrogen (secondary N) is 1. The van der Waals surface area contributed by atoms with E-state index in [0.29, 0.717) is 29.8 Å². The van der Waals surface area contributed by atoms with Crippen LogP contribution in [0.1, 0.15) is 73.4 Å². The molecule has 0 spiro atoms. The Hall–Kier alpha value is -3.00. The normalized spacial score (nSPS) is 20.5. The van der Waals surface area contributed by atoms with Crippen LogP contribution in [0, 0.1) is 0 Å². The number of rotatable bonds is 4. The molecule has 2 saturated heterocycles. The lowest BCUT2D eigenvalue weighted by molar-refractivity contribution is 0.0726. The minimum atomic E-state index is -0.108. The fourth-order valence-electron chi connectivity index (χ4n) is 5.09. The Labute approximate surface area is 187 Å². The molecule has 5 rings (SSSR count). The highest BCUT2D eigenvalue weighted by Crippen LogP contribution is 2.33. The molecular weight excluding hydrogens is 404 g/mol. The molecule has 0 bridgehead atoms. The highest BCUT2D eigenvalue weighted by molar-refractivity contribution is 5.92. The Morgan fingerprint density at radius 3 is 2.66 bits per heavy atom. The van der Waals surface area contributed by atoms with E-state index in [1.807, 2.05) is 17.0 Å². The molecule has 1 N–H and O–H groups in total. The predicted octanol–water partition coefficient (Wildman–Crippen LogP) is 2.98. The Balaban J connectivity index is 1.40. The quantitative estimate of drug-likeness (QED) is 0.682. The Morgan fingerprint density at radius 2 is 1.94 bits per heavy atom. The van der Waals surface area contributed by atoms with Gasteiger partial charge in [-0.25, -0.2) is 9.50 Å². The summed E-state index contributed by atoms with van der Waals surface area (Å²) in [6, 6.07) is 9.42. The molecule has 1 atom stereocenters. The van der Waals surface area contributed by atoms with Crippen LogP contribution in [0.25, 0.3) is 5.65 Å². The third kappa shape index (κ3) is 3.83. The number of aromatic nitrogens is 4. The van der Waals surface area contributed by atoms with E-state index in [1.165, 1.54) is 4.52 Å². The standard InChI is InChI=1S/C24H30N6O2/c1-16(2)28-12-8-17(9-13-28)19-15-23(31)30-22(26-19)14-20(27-30)21-7-5-11-29(21)24(32)18-6-3-4-10-25-18/h3-4,6,10,14-17,21,27H,5,7-9,11-13H2,1-2H3. The van der Waals surface area contributed by atoms with E-state index in [2.05, 4.69) is 28.8 Å². The van der Waals surface area contributed by atoms with Gasteiger partial charge in [0.1, 0.15) is 5.69 Å². The molecule has 8 nitrogen and oxygen atoms in total. The lowest BCUT2D eigenvalue weighted by Crippen LogP contribution is -2.38. The minimum absolute atomic E-state index is 0.0790. The second-order valence-corrected chi connectivity index (χ2v) is 9.20. The first-order chi connectivity index (χ1) is 15.5. The van der Waals surface area contributed by atoms with Gasteiger partial charge in [-0.05, 0) is 64.8 Å². The fourth-order valence-corrected chi connectivity index (χ4v) is 5.09. The van der Waals surface area contributed by atoms with Crippen molar-refractivity contribution in [1.29, 1.82) is 0 Å². The highest BCUT2D eigenvalue weighted by atomic mass is 16.2. The van der Waals surface area contributed by atoms with Crippen molar-refractivity contribution in [3.63, 3.8) is 0 Å². The average molecular weight is 435 g/mol. The van der Waals surface area contributed by atoms with Gasteiger partial charge in [-0.1, -0.05) is 6.07 Å². The molecule has 1 unspecified atom stereocenters. The summed E-state index contributed by atoms with van der Waals surface area (Å²) >= 11 is 0. The first-order valence-corrected chi connectivity index (χ1v) is 11.6. The van der Waals surface area contributed by atoms with E-state index in [0.717, 1.165) is 50.2 Å². The topological polar surface area (TPSA) is 86.6 Å². The van der Waals surface area contributed by atoms with Crippen LogP contribution in [0.5, 0.6) is 0 Å². The Bertz CT molecular complexity index is 1160. The maximum absolute atomic E-state index is 13.0. The zero-order valence-electron chi connectivity index (χ0n) is 18.7. The summed E-state index contributed by atoms with van der Waals surface area (Å²) in [7, 11) is 0. The first-order valence-electron chi connectivity index (χ1n) is 11.6. The van der Waals surface area contributed by atoms with Crippen molar-refractivity contribution in [3.8, 4) is 0 Å². The molecule has 3 aromatic heterocycles. The van der Waals surface area contributed by atoms with Crippen LogP contribution in [0.15, 0.2) is 41.3 Å². The third-order valence-corrected chi connectivity index (χ3v) is 6.92. The molecule has 32 heavy (non-hydrogen) atoms. The number of hydrogen-bond donors (Lipinski definition) is 1. The number of carbonyl (C=O) groups is 1. The van der Waals surface area contributed by atoms with Crippen LogP contribution in [0.3, 0.4) is 0 Å². The van der Waals surface area contributed by atoms with Gasteiger partial charge in [-0.2, -0.15) is 0 Å². The van der Waals surface area contributed by atoms with Crippen molar-refractivity contribution in [3.05, 3.63) is 64.0 Å². The summed E-state index contributed by atoms with van der Waals surface area (Å²) in [5.74, 6) is 0.236. The molecule has 3 aromatic rings. The number of amides is 1. The van der Waals surface area contributed by atoms with Gasteiger partial charge in [0.2, 0.25) is 0 Å². The number of piperidine rings is 1.